The highest BCUT2D eigenvalue weighted by atomic mass is 79.9. The molecule has 0 radical (unpaired) electrons. The van der Waals surface area contributed by atoms with Crippen molar-refractivity contribution in [3.8, 4) is 5.69 Å². The van der Waals surface area contributed by atoms with Crippen LogP contribution in [0.5, 0.6) is 0 Å². The lowest BCUT2D eigenvalue weighted by Crippen LogP contribution is -2.02. The molecule has 0 atom stereocenters. The van der Waals surface area contributed by atoms with Crippen molar-refractivity contribution in [3.05, 3.63) is 51.5 Å². The third-order valence-corrected chi connectivity index (χ3v) is 3.35. The van der Waals surface area contributed by atoms with Gasteiger partial charge in [0.15, 0.2) is 0 Å². The van der Waals surface area contributed by atoms with Crippen LogP contribution in [0.3, 0.4) is 0 Å². The number of aliphatic hydroxyl groups excluding tert-OH is 1. The summed E-state index contributed by atoms with van der Waals surface area (Å²) in [6, 6.07) is 6.83. The van der Waals surface area contributed by atoms with Crippen LogP contribution in [0.4, 0.5) is 4.39 Å². The minimum atomic E-state index is -0.286. The maximum Gasteiger partial charge on any atom is 0.148 e. The Morgan fingerprint density at radius 2 is 2.00 bits per heavy atom. The van der Waals surface area contributed by atoms with Crippen molar-refractivity contribution in [2.24, 2.45) is 0 Å². The second-order valence-corrected chi connectivity index (χ2v) is 4.90. The Bertz CT molecular complexity index is 563. The average molecular weight is 298 g/mol. The Morgan fingerprint density at radius 1 is 1.29 bits per heavy atom. The monoisotopic (exact) mass is 297 g/mol. The van der Waals surface area contributed by atoms with Crippen molar-refractivity contribution in [1.82, 2.24) is 4.57 Å². The normalized spacial score (nSPS) is 10.9. The molecule has 90 valence electrons. The summed E-state index contributed by atoms with van der Waals surface area (Å²) >= 11 is 3.24. The lowest BCUT2D eigenvalue weighted by molar-refractivity contribution is 0.281. The lowest BCUT2D eigenvalue weighted by Gasteiger charge is -2.11. The molecule has 0 fully saturated rings. The van der Waals surface area contributed by atoms with Crippen molar-refractivity contribution < 1.29 is 9.50 Å². The first kappa shape index (κ1) is 12.3. The van der Waals surface area contributed by atoms with E-state index in [-0.39, 0.29) is 12.4 Å². The van der Waals surface area contributed by atoms with E-state index in [1.165, 1.54) is 6.07 Å². The van der Waals surface area contributed by atoms with Crippen LogP contribution in [0.25, 0.3) is 5.69 Å². The van der Waals surface area contributed by atoms with Gasteiger partial charge in [0.05, 0.1) is 12.3 Å². The quantitative estimate of drug-likeness (QED) is 0.902. The molecule has 2 nitrogen and oxygen atoms in total. The number of nitrogens with zero attached hydrogens (tertiary/aromatic N) is 1. The number of halogens is 2. The molecule has 0 bridgehead atoms. The summed E-state index contributed by atoms with van der Waals surface area (Å²) in [6.45, 7) is 3.74. The van der Waals surface area contributed by atoms with Crippen molar-refractivity contribution in [2.75, 3.05) is 0 Å². The maximum atomic E-state index is 13.9. The van der Waals surface area contributed by atoms with E-state index in [2.05, 4.69) is 15.9 Å². The fourth-order valence-electron chi connectivity index (χ4n) is 2.02. The topological polar surface area (TPSA) is 25.2 Å². The second kappa shape index (κ2) is 4.63. The van der Waals surface area contributed by atoms with Crippen molar-refractivity contribution in [2.45, 2.75) is 20.5 Å². The highest BCUT2D eigenvalue weighted by Gasteiger charge is 2.13. The van der Waals surface area contributed by atoms with Gasteiger partial charge in [-0.1, -0.05) is 15.9 Å². The van der Waals surface area contributed by atoms with Gasteiger partial charge in [-0.2, -0.15) is 0 Å². The molecule has 0 aliphatic heterocycles. The first-order chi connectivity index (χ1) is 8.04. The largest absolute Gasteiger partial charge is 0.392 e. The van der Waals surface area contributed by atoms with Gasteiger partial charge in [-0.15, -0.1) is 0 Å². The molecule has 2 rings (SSSR count). The summed E-state index contributed by atoms with van der Waals surface area (Å²) < 4.78 is 16.4. The van der Waals surface area contributed by atoms with Gasteiger partial charge in [0.2, 0.25) is 0 Å². The summed E-state index contributed by atoms with van der Waals surface area (Å²) in [5, 5.41) is 9.20. The SMILES string of the molecule is Cc1cc(CO)c(C)n1-c1ccc(Br)cc1F. The molecule has 1 heterocycles. The predicted molar refractivity (Wildman–Crippen MR) is 68.8 cm³/mol. The summed E-state index contributed by atoms with van der Waals surface area (Å²) in [7, 11) is 0. The van der Waals surface area contributed by atoms with E-state index < -0.39 is 0 Å². The van der Waals surface area contributed by atoms with E-state index in [9.17, 15) is 9.50 Å². The zero-order chi connectivity index (χ0) is 12.6. The molecule has 0 aliphatic rings. The smallest absolute Gasteiger partial charge is 0.148 e. The Labute approximate surface area is 108 Å². The molecule has 2 aromatic rings. The van der Waals surface area contributed by atoms with E-state index in [1.807, 2.05) is 24.5 Å². The molecular weight excluding hydrogens is 285 g/mol. The van der Waals surface area contributed by atoms with Gasteiger partial charge in [0.1, 0.15) is 5.82 Å². The fourth-order valence-corrected chi connectivity index (χ4v) is 2.36. The number of hydrogen-bond acceptors (Lipinski definition) is 1. The maximum absolute atomic E-state index is 13.9. The van der Waals surface area contributed by atoms with Crippen LogP contribution in [0, 0.1) is 19.7 Å². The summed E-state index contributed by atoms with van der Waals surface area (Å²) in [6.07, 6.45) is 0. The molecule has 0 unspecified atom stereocenters. The van der Waals surface area contributed by atoms with Gasteiger partial charge < -0.3 is 9.67 Å². The molecule has 1 aromatic carbocycles. The number of aryl methyl sites for hydroxylation is 1. The Hall–Kier alpha value is -1.13. The second-order valence-electron chi connectivity index (χ2n) is 3.99. The molecule has 0 saturated heterocycles. The van der Waals surface area contributed by atoms with Gasteiger partial charge in [0.25, 0.3) is 0 Å². The zero-order valence-electron chi connectivity index (χ0n) is 9.67. The minimum absolute atomic E-state index is 0.0299. The van der Waals surface area contributed by atoms with Gasteiger partial charge in [-0.05, 0) is 43.7 Å². The standard InChI is InChI=1S/C13H13BrFNO/c1-8-5-10(7-17)9(2)16(8)13-4-3-11(14)6-12(13)15/h3-6,17H,7H2,1-2H3. The van der Waals surface area contributed by atoms with Crippen molar-refractivity contribution >= 4 is 15.9 Å². The first-order valence-electron chi connectivity index (χ1n) is 5.28. The molecule has 1 aromatic heterocycles. The van der Waals surface area contributed by atoms with Gasteiger partial charge >= 0.3 is 0 Å². The van der Waals surface area contributed by atoms with Gasteiger partial charge in [-0.3, -0.25) is 0 Å². The molecule has 1 N–H and O–H groups in total. The lowest BCUT2D eigenvalue weighted by atomic mass is 10.2. The van der Waals surface area contributed by atoms with Gasteiger partial charge in [-0.25, -0.2) is 4.39 Å². The zero-order valence-corrected chi connectivity index (χ0v) is 11.3. The molecule has 17 heavy (non-hydrogen) atoms. The minimum Gasteiger partial charge on any atom is -0.392 e. The molecular formula is C13H13BrFNO. The van der Waals surface area contributed by atoms with Crippen molar-refractivity contribution in [3.63, 3.8) is 0 Å². The van der Waals surface area contributed by atoms with E-state index in [1.54, 1.807) is 12.1 Å². The average Bonchev–Trinajstić information content (AvgIpc) is 2.55. The van der Waals surface area contributed by atoms with E-state index in [0.717, 1.165) is 17.0 Å². The Balaban J connectivity index is 2.64. The van der Waals surface area contributed by atoms with Crippen LogP contribution in [0.15, 0.2) is 28.7 Å². The molecule has 0 amide bonds. The Morgan fingerprint density at radius 3 is 2.53 bits per heavy atom. The number of aromatic nitrogens is 1. The number of hydrogen-bond donors (Lipinski definition) is 1. The summed E-state index contributed by atoms with van der Waals surface area (Å²) in [4.78, 5) is 0. The van der Waals surface area contributed by atoms with Crippen molar-refractivity contribution in [1.29, 1.82) is 0 Å². The molecule has 0 aliphatic carbocycles. The van der Waals surface area contributed by atoms with Crippen LogP contribution in [0.1, 0.15) is 17.0 Å². The summed E-state index contributed by atoms with van der Waals surface area (Å²) in [5.41, 5.74) is 3.10. The number of benzene rings is 1. The highest BCUT2D eigenvalue weighted by Crippen LogP contribution is 2.24. The van der Waals surface area contributed by atoms with E-state index in [4.69, 9.17) is 0 Å². The number of rotatable bonds is 2. The molecule has 4 heteroatoms. The number of aliphatic hydroxyl groups is 1. The van der Waals surface area contributed by atoms with Crippen LogP contribution in [0.2, 0.25) is 0 Å². The highest BCUT2D eigenvalue weighted by molar-refractivity contribution is 9.10. The fraction of sp³-hybridized carbons (Fsp3) is 0.231. The van der Waals surface area contributed by atoms with E-state index in [0.29, 0.717) is 10.2 Å². The summed E-state index contributed by atoms with van der Waals surface area (Å²) in [5.74, 6) is -0.286. The van der Waals surface area contributed by atoms with E-state index >= 15 is 0 Å². The van der Waals surface area contributed by atoms with Crippen LogP contribution in [-0.2, 0) is 6.61 Å². The van der Waals surface area contributed by atoms with Crippen LogP contribution in [-0.4, -0.2) is 9.67 Å². The predicted octanol–water partition coefficient (Wildman–Crippen LogP) is 3.49. The van der Waals surface area contributed by atoms with Gasteiger partial charge in [0, 0.05) is 15.9 Å². The molecule has 0 spiro atoms. The first-order valence-corrected chi connectivity index (χ1v) is 6.08. The third-order valence-electron chi connectivity index (χ3n) is 2.86. The molecule has 0 saturated carbocycles. The van der Waals surface area contributed by atoms with Crippen LogP contribution < -0.4 is 0 Å². The van der Waals surface area contributed by atoms with Crippen LogP contribution >= 0.6 is 15.9 Å². The Kier molecular flexibility index (Phi) is 3.35. The third kappa shape index (κ3) is 2.15.